The molecule has 1 atom stereocenters. The number of rotatable bonds is 2. The molecule has 1 aliphatic carbocycles. The van der Waals surface area contributed by atoms with E-state index in [1.165, 1.54) is 30.1 Å². The fraction of sp³-hybridized carbons (Fsp3) is 0.500. The first-order valence-electron chi connectivity index (χ1n) is 8.45. The minimum atomic E-state index is 0.297. The van der Waals surface area contributed by atoms with E-state index in [1.54, 1.807) is 6.20 Å². The summed E-state index contributed by atoms with van der Waals surface area (Å²) < 4.78 is 2.32. The highest BCUT2D eigenvalue weighted by Crippen LogP contribution is 2.36. The molecule has 23 heavy (non-hydrogen) atoms. The van der Waals surface area contributed by atoms with Crippen LogP contribution >= 0.6 is 0 Å². The maximum atomic E-state index is 8.94. The molecule has 0 bridgehead atoms. The van der Waals surface area contributed by atoms with Gasteiger partial charge in [0.25, 0.3) is 0 Å². The van der Waals surface area contributed by atoms with Crippen molar-refractivity contribution in [2.45, 2.75) is 44.6 Å². The first-order chi connectivity index (χ1) is 11.3. The Morgan fingerprint density at radius 1 is 1.22 bits per heavy atom. The molecule has 4 rings (SSSR count). The molecule has 0 N–H and O–H groups in total. The van der Waals surface area contributed by atoms with Crippen LogP contribution in [0.3, 0.4) is 0 Å². The largest absolute Gasteiger partial charge is 0.346 e. The zero-order valence-corrected chi connectivity index (χ0v) is 13.5. The van der Waals surface area contributed by atoms with Crippen LogP contribution in [0.4, 0.5) is 5.82 Å². The van der Waals surface area contributed by atoms with Crippen LogP contribution in [0.2, 0.25) is 0 Å². The summed E-state index contributed by atoms with van der Waals surface area (Å²) in [7, 11) is 2.16. The van der Waals surface area contributed by atoms with Crippen LogP contribution in [-0.4, -0.2) is 21.1 Å². The second kappa shape index (κ2) is 5.69. The van der Waals surface area contributed by atoms with Gasteiger partial charge in [0, 0.05) is 25.5 Å². The van der Waals surface area contributed by atoms with Crippen molar-refractivity contribution in [1.82, 2.24) is 14.5 Å². The molecule has 118 valence electrons. The summed E-state index contributed by atoms with van der Waals surface area (Å²) in [5.74, 6) is 2.13. The molecule has 2 aliphatic rings. The van der Waals surface area contributed by atoms with E-state index in [1.807, 2.05) is 12.1 Å². The Hall–Kier alpha value is -2.35. The zero-order valence-electron chi connectivity index (χ0n) is 13.5. The van der Waals surface area contributed by atoms with Gasteiger partial charge in [0.1, 0.15) is 17.7 Å². The molecule has 5 heteroatoms. The number of anilines is 1. The van der Waals surface area contributed by atoms with E-state index in [-0.39, 0.29) is 0 Å². The van der Waals surface area contributed by atoms with Crippen LogP contribution in [0, 0.1) is 11.3 Å². The second-order valence-electron chi connectivity index (χ2n) is 6.50. The molecule has 1 unspecified atom stereocenters. The maximum absolute atomic E-state index is 8.94. The summed E-state index contributed by atoms with van der Waals surface area (Å²) in [5.41, 5.74) is 3.33. The highest BCUT2D eigenvalue weighted by molar-refractivity contribution is 5.45. The second-order valence-corrected chi connectivity index (χ2v) is 6.50. The number of nitriles is 1. The van der Waals surface area contributed by atoms with Crippen LogP contribution < -0.4 is 4.90 Å². The number of aromatic nitrogens is 3. The quantitative estimate of drug-likeness (QED) is 0.856. The van der Waals surface area contributed by atoms with Crippen molar-refractivity contribution in [3.63, 3.8) is 0 Å². The summed E-state index contributed by atoms with van der Waals surface area (Å²) in [5, 5.41) is 8.94. The average molecular weight is 307 g/mol. The maximum Gasteiger partial charge on any atom is 0.131 e. The Bertz CT molecular complexity index is 753. The van der Waals surface area contributed by atoms with Crippen molar-refractivity contribution in [3.8, 4) is 6.07 Å². The third-order valence-electron chi connectivity index (χ3n) is 5.13. The van der Waals surface area contributed by atoms with E-state index in [4.69, 9.17) is 10.2 Å². The van der Waals surface area contributed by atoms with Gasteiger partial charge in [-0.3, -0.25) is 0 Å². The summed E-state index contributed by atoms with van der Waals surface area (Å²) in [6.07, 6.45) is 8.74. The molecule has 5 nitrogen and oxygen atoms in total. The first kappa shape index (κ1) is 14.3. The number of fused-ring (bicyclic) bond motifs is 1. The number of nitrogens with zero attached hydrogens (tertiary/aromatic N) is 5. The summed E-state index contributed by atoms with van der Waals surface area (Å²) in [6.45, 7) is 1.00. The molecular formula is C18H21N5. The molecule has 0 spiro atoms. The number of pyridine rings is 1. The van der Waals surface area contributed by atoms with Gasteiger partial charge in [-0.1, -0.05) is 0 Å². The summed E-state index contributed by atoms with van der Waals surface area (Å²) in [6, 6.07) is 6.24. The molecule has 2 aromatic heterocycles. The third-order valence-corrected chi connectivity index (χ3v) is 5.13. The molecule has 0 aromatic carbocycles. The van der Waals surface area contributed by atoms with Crippen molar-refractivity contribution in [2.24, 2.45) is 7.05 Å². The predicted molar refractivity (Wildman–Crippen MR) is 88.1 cm³/mol. The molecule has 0 radical (unpaired) electrons. The number of imidazole rings is 1. The van der Waals surface area contributed by atoms with Gasteiger partial charge in [0.2, 0.25) is 0 Å². The molecule has 2 aromatic rings. The number of hydrogen-bond acceptors (Lipinski definition) is 4. The Morgan fingerprint density at radius 3 is 2.83 bits per heavy atom. The molecule has 3 heterocycles. The van der Waals surface area contributed by atoms with Crippen molar-refractivity contribution in [2.75, 3.05) is 11.4 Å². The fourth-order valence-electron chi connectivity index (χ4n) is 3.94. The van der Waals surface area contributed by atoms with Crippen LogP contribution in [0.5, 0.6) is 0 Å². The van der Waals surface area contributed by atoms with Gasteiger partial charge in [-0.05, 0) is 50.7 Å². The summed E-state index contributed by atoms with van der Waals surface area (Å²) >= 11 is 0. The lowest BCUT2D eigenvalue weighted by atomic mass is 10.0. The Labute approximate surface area is 136 Å². The van der Waals surface area contributed by atoms with Gasteiger partial charge in [-0.2, -0.15) is 5.26 Å². The number of hydrogen-bond donors (Lipinski definition) is 0. The normalized spacial score (nSPS) is 20.3. The monoisotopic (exact) mass is 307 g/mol. The minimum absolute atomic E-state index is 0.297. The molecular weight excluding hydrogens is 286 g/mol. The van der Waals surface area contributed by atoms with Gasteiger partial charge in [0.05, 0.1) is 17.3 Å². The lowest BCUT2D eigenvalue weighted by Crippen LogP contribution is -2.25. The van der Waals surface area contributed by atoms with Gasteiger partial charge < -0.3 is 9.47 Å². The number of aryl methyl sites for hydroxylation is 1. The van der Waals surface area contributed by atoms with Gasteiger partial charge in [-0.15, -0.1) is 0 Å². The van der Waals surface area contributed by atoms with Gasteiger partial charge in [-0.25, -0.2) is 9.97 Å². The highest BCUT2D eigenvalue weighted by Gasteiger charge is 2.32. The van der Waals surface area contributed by atoms with E-state index >= 15 is 0 Å². The van der Waals surface area contributed by atoms with E-state index in [0.717, 1.165) is 38.0 Å². The third kappa shape index (κ3) is 2.39. The van der Waals surface area contributed by atoms with E-state index in [0.29, 0.717) is 11.6 Å². The highest BCUT2D eigenvalue weighted by atomic mass is 15.3. The molecule has 1 saturated heterocycles. The SMILES string of the molecule is Cn1c(C2CCCN2c2ccc(C#N)cn2)nc2c1CCCC2. The topological polar surface area (TPSA) is 57.7 Å². The molecule has 0 amide bonds. The lowest BCUT2D eigenvalue weighted by molar-refractivity contribution is 0.607. The first-order valence-corrected chi connectivity index (χ1v) is 8.45. The Kier molecular flexibility index (Phi) is 3.53. The summed E-state index contributed by atoms with van der Waals surface area (Å²) in [4.78, 5) is 11.8. The van der Waals surface area contributed by atoms with Crippen molar-refractivity contribution in [3.05, 3.63) is 41.1 Å². The zero-order chi connectivity index (χ0) is 15.8. The van der Waals surface area contributed by atoms with Crippen LogP contribution in [0.25, 0.3) is 0 Å². The lowest BCUT2D eigenvalue weighted by Gasteiger charge is -2.25. The van der Waals surface area contributed by atoms with Crippen LogP contribution in [0.15, 0.2) is 18.3 Å². The van der Waals surface area contributed by atoms with Crippen molar-refractivity contribution < 1.29 is 0 Å². The molecule has 0 saturated carbocycles. The van der Waals surface area contributed by atoms with Crippen molar-refractivity contribution >= 4 is 5.82 Å². The standard InChI is InChI=1S/C18H21N5/c1-22-15-6-3-2-5-14(15)21-18(22)16-7-4-10-23(16)17-9-8-13(11-19)12-20-17/h8-9,12,16H,2-7,10H2,1H3. The van der Waals surface area contributed by atoms with Gasteiger partial charge >= 0.3 is 0 Å². The van der Waals surface area contributed by atoms with E-state index < -0.39 is 0 Å². The van der Waals surface area contributed by atoms with Crippen LogP contribution in [-0.2, 0) is 19.9 Å². The Balaban J connectivity index is 1.68. The van der Waals surface area contributed by atoms with Gasteiger partial charge in [0.15, 0.2) is 0 Å². The average Bonchev–Trinajstić information content (AvgIpc) is 3.20. The Morgan fingerprint density at radius 2 is 2.09 bits per heavy atom. The molecule has 1 fully saturated rings. The molecule has 1 aliphatic heterocycles. The predicted octanol–water partition coefficient (Wildman–Crippen LogP) is 2.91. The van der Waals surface area contributed by atoms with E-state index in [2.05, 4.69) is 27.6 Å². The van der Waals surface area contributed by atoms with E-state index in [9.17, 15) is 0 Å². The van der Waals surface area contributed by atoms with Crippen LogP contribution in [0.1, 0.15) is 54.5 Å². The minimum Gasteiger partial charge on any atom is -0.346 e. The smallest absolute Gasteiger partial charge is 0.131 e. The van der Waals surface area contributed by atoms with Crippen molar-refractivity contribution in [1.29, 1.82) is 5.26 Å². The fourth-order valence-corrected chi connectivity index (χ4v) is 3.94.